The van der Waals surface area contributed by atoms with Crippen LogP contribution in [0.1, 0.15) is 65.3 Å². The van der Waals surface area contributed by atoms with E-state index in [0.29, 0.717) is 59.1 Å². The van der Waals surface area contributed by atoms with Gasteiger partial charge in [0.1, 0.15) is 5.00 Å². The molecule has 174 valence electrons. The molecule has 1 aliphatic carbocycles. The lowest BCUT2D eigenvalue weighted by molar-refractivity contribution is 0.0601. The number of hydrogen-bond donors (Lipinski definition) is 1. The zero-order valence-corrected chi connectivity index (χ0v) is 20.1. The number of ether oxygens (including phenoxy) is 4. The van der Waals surface area contributed by atoms with Gasteiger partial charge in [0.15, 0.2) is 11.5 Å². The molecule has 7 nitrogen and oxygen atoms in total. The van der Waals surface area contributed by atoms with E-state index in [1.54, 1.807) is 12.1 Å². The molecule has 0 unspecified atom stereocenters. The summed E-state index contributed by atoms with van der Waals surface area (Å²) < 4.78 is 22.2. The van der Waals surface area contributed by atoms with Gasteiger partial charge in [0.2, 0.25) is 5.75 Å². The molecule has 0 spiro atoms. The Labute approximate surface area is 193 Å². The second-order valence-electron chi connectivity index (χ2n) is 7.60. The summed E-state index contributed by atoms with van der Waals surface area (Å²) in [6.07, 6.45) is 2.71. The summed E-state index contributed by atoms with van der Waals surface area (Å²) in [6, 6.07) is 3.28. The molecule has 0 radical (unpaired) electrons. The van der Waals surface area contributed by atoms with Crippen molar-refractivity contribution >= 4 is 28.2 Å². The van der Waals surface area contributed by atoms with E-state index in [2.05, 4.69) is 12.2 Å². The van der Waals surface area contributed by atoms with Crippen LogP contribution >= 0.6 is 11.3 Å². The van der Waals surface area contributed by atoms with Gasteiger partial charge >= 0.3 is 5.97 Å². The fraction of sp³-hybridized carbons (Fsp3) is 0.500. The molecule has 1 aromatic carbocycles. The van der Waals surface area contributed by atoms with Crippen molar-refractivity contribution in [2.75, 3.05) is 32.2 Å². The van der Waals surface area contributed by atoms with Crippen molar-refractivity contribution in [1.82, 2.24) is 0 Å². The number of methoxy groups -OCH3 is 1. The maximum absolute atomic E-state index is 13.2. The highest BCUT2D eigenvalue weighted by atomic mass is 32.1. The number of carbonyl (C=O) groups is 2. The van der Waals surface area contributed by atoms with E-state index in [9.17, 15) is 9.59 Å². The number of thiophene rings is 1. The Morgan fingerprint density at radius 1 is 1.06 bits per heavy atom. The lowest BCUT2D eigenvalue weighted by atomic mass is 9.88. The number of hydrogen-bond acceptors (Lipinski definition) is 7. The number of carbonyl (C=O) groups excluding carboxylic acids is 2. The van der Waals surface area contributed by atoms with Crippen LogP contribution in [-0.4, -0.2) is 38.8 Å². The molecule has 0 fully saturated rings. The van der Waals surface area contributed by atoms with Crippen LogP contribution in [0.2, 0.25) is 0 Å². The zero-order valence-electron chi connectivity index (χ0n) is 19.3. The van der Waals surface area contributed by atoms with Crippen molar-refractivity contribution in [3.8, 4) is 17.2 Å². The summed E-state index contributed by atoms with van der Waals surface area (Å²) in [5.74, 6) is 1.12. The minimum absolute atomic E-state index is 0.355. The molecule has 32 heavy (non-hydrogen) atoms. The van der Waals surface area contributed by atoms with Crippen molar-refractivity contribution in [2.45, 2.75) is 47.0 Å². The molecule has 2 aromatic rings. The third-order valence-electron chi connectivity index (χ3n) is 5.30. The Kier molecular flexibility index (Phi) is 8.01. The molecule has 1 aromatic heterocycles. The van der Waals surface area contributed by atoms with Crippen LogP contribution in [0.15, 0.2) is 12.1 Å². The molecule has 1 heterocycles. The van der Waals surface area contributed by atoms with E-state index < -0.39 is 5.97 Å². The van der Waals surface area contributed by atoms with Gasteiger partial charge in [-0.1, -0.05) is 6.92 Å². The smallest absolute Gasteiger partial charge is 0.341 e. The van der Waals surface area contributed by atoms with Crippen LogP contribution in [-0.2, 0) is 17.6 Å². The number of fused-ring (bicyclic) bond motifs is 1. The Hall–Kier alpha value is -2.74. The summed E-state index contributed by atoms with van der Waals surface area (Å²) in [6.45, 7) is 9.07. The lowest BCUT2D eigenvalue weighted by Gasteiger charge is -2.18. The van der Waals surface area contributed by atoms with Crippen LogP contribution in [0, 0.1) is 5.92 Å². The monoisotopic (exact) mass is 461 g/mol. The third-order valence-corrected chi connectivity index (χ3v) is 6.47. The molecule has 1 atom stereocenters. The van der Waals surface area contributed by atoms with Crippen molar-refractivity contribution in [1.29, 1.82) is 0 Å². The van der Waals surface area contributed by atoms with Gasteiger partial charge in [-0.05, 0) is 63.6 Å². The molecule has 1 N–H and O–H groups in total. The molecule has 8 heteroatoms. The van der Waals surface area contributed by atoms with E-state index in [1.165, 1.54) is 18.4 Å². The second-order valence-corrected chi connectivity index (χ2v) is 8.71. The van der Waals surface area contributed by atoms with Gasteiger partial charge in [-0.2, -0.15) is 0 Å². The molecule has 0 saturated carbocycles. The van der Waals surface area contributed by atoms with Gasteiger partial charge in [0.05, 0.1) is 32.5 Å². The Morgan fingerprint density at radius 2 is 1.69 bits per heavy atom. The Bertz CT molecular complexity index is 956. The molecular formula is C24H31NO6S. The first kappa shape index (κ1) is 23.9. The molecule has 0 bridgehead atoms. The molecule has 0 aliphatic heterocycles. The summed E-state index contributed by atoms with van der Waals surface area (Å²) in [5.41, 5.74) is 1.82. The van der Waals surface area contributed by atoms with Crippen molar-refractivity contribution < 1.29 is 28.5 Å². The summed E-state index contributed by atoms with van der Waals surface area (Å²) in [4.78, 5) is 26.9. The van der Waals surface area contributed by atoms with Crippen LogP contribution in [0.5, 0.6) is 17.2 Å². The fourth-order valence-corrected chi connectivity index (χ4v) is 5.25. The first-order valence-electron chi connectivity index (χ1n) is 11.0. The summed E-state index contributed by atoms with van der Waals surface area (Å²) >= 11 is 1.45. The third kappa shape index (κ3) is 5.01. The van der Waals surface area contributed by atoms with Crippen LogP contribution < -0.4 is 19.5 Å². The van der Waals surface area contributed by atoms with Gasteiger partial charge in [0, 0.05) is 10.4 Å². The van der Waals surface area contributed by atoms with Crippen LogP contribution in [0.4, 0.5) is 5.00 Å². The lowest BCUT2D eigenvalue weighted by Crippen LogP contribution is -2.16. The van der Waals surface area contributed by atoms with Gasteiger partial charge in [-0.25, -0.2) is 4.79 Å². The number of benzene rings is 1. The molecule has 0 saturated heterocycles. The maximum Gasteiger partial charge on any atom is 0.341 e. The molecule has 1 amide bonds. The number of nitrogens with one attached hydrogen (secondary N) is 1. The number of anilines is 1. The van der Waals surface area contributed by atoms with Crippen LogP contribution in [0.25, 0.3) is 0 Å². The molecule has 3 rings (SSSR count). The first-order valence-corrected chi connectivity index (χ1v) is 11.9. The predicted octanol–water partition coefficient (Wildman–Crippen LogP) is 5.11. The maximum atomic E-state index is 13.2. The van der Waals surface area contributed by atoms with Crippen molar-refractivity contribution in [3.05, 3.63) is 33.7 Å². The molecule has 1 aliphatic rings. The van der Waals surface area contributed by atoms with E-state index in [0.717, 1.165) is 29.7 Å². The van der Waals surface area contributed by atoms with Gasteiger partial charge in [0.25, 0.3) is 5.91 Å². The fourth-order valence-electron chi connectivity index (χ4n) is 3.85. The highest BCUT2D eigenvalue weighted by molar-refractivity contribution is 7.17. The van der Waals surface area contributed by atoms with E-state index in [4.69, 9.17) is 18.9 Å². The minimum atomic E-state index is -0.427. The Morgan fingerprint density at radius 3 is 2.25 bits per heavy atom. The quantitative estimate of drug-likeness (QED) is 0.523. The normalized spacial score (nSPS) is 15.0. The topological polar surface area (TPSA) is 83.1 Å². The first-order chi connectivity index (χ1) is 15.4. The number of amides is 1. The summed E-state index contributed by atoms with van der Waals surface area (Å²) in [7, 11) is 1.36. The number of esters is 1. The largest absolute Gasteiger partial charge is 0.490 e. The second kappa shape index (κ2) is 10.7. The average Bonchev–Trinajstić information content (AvgIpc) is 3.12. The van der Waals surface area contributed by atoms with Gasteiger partial charge < -0.3 is 24.3 Å². The standard InChI is InChI=1S/C24H31NO6S/c1-6-29-17-12-15(13-18(30-7-2)21(17)31-8-3)22(26)25-23-20(24(27)28-5)16-10-9-14(4)11-19(16)32-23/h12-14H,6-11H2,1-5H3,(H,25,26)/t14-/m0/s1. The van der Waals surface area contributed by atoms with Gasteiger partial charge in [-0.3, -0.25) is 4.79 Å². The predicted molar refractivity (Wildman–Crippen MR) is 125 cm³/mol. The van der Waals surface area contributed by atoms with Gasteiger partial charge in [-0.15, -0.1) is 11.3 Å². The van der Waals surface area contributed by atoms with E-state index in [-0.39, 0.29) is 5.91 Å². The van der Waals surface area contributed by atoms with Crippen LogP contribution in [0.3, 0.4) is 0 Å². The highest BCUT2D eigenvalue weighted by Gasteiger charge is 2.29. The minimum Gasteiger partial charge on any atom is -0.490 e. The average molecular weight is 462 g/mol. The summed E-state index contributed by atoms with van der Waals surface area (Å²) in [5, 5.41) is 3.45. The van der Waals surface area contributed by atoms with Crippen molar-refractivity contribution in [3.63, 3.8) is 0 Å². The number of rotatable bonds is 9. The highest BCUT2D eigenvalue weighted by Crippen LogP contribution is 2.42. The van der Waals surface area contributed by atoms with E-state index in [1.807, 2.05) is 20.8 Å². The zero-order chi connectivity index (χ0) is 23.3. The van der Waals surface area contributed by atoms with Crippen molar-refractivity contribution in [2.24, 2.45) is 5.92 Å². The molecular weight excluding hydrogens is 430 g/mol. The Balaban J connectivity index is 1.99. The van der Waals surface area contributed by atoms with E-state index >= 15 is 0 Å². The SMILES string of the molecule is CCOc1cc(C(=O)Nc2sc3c(c2C(=O)OC)CC[C@H](C)C3)cc(OCC)c1OCC.